The van der Waals surface area contributed by atoms with E-state index in [0.717, 1.165) is 6.07 Å². The molecule has 5 nitrogen and oxygen atoms in total. The lowest BCUT2D eigenvalue weighted by Crippen LogP contribution is -1.93. The first-order chi connectivity index (χ1) is 7.65. The molecule has 0 aliphatic carbocycles. The summed E-state index contributed by atoms with van der Waals surface area (Å²) >= 11 is 0. The Labute approximate surface area is 90.1 Å². The summed E-state index contributed by atoms with van der Waals surface area (Å²) in [6.45, 7) is 0. The van der Waals surface area contributed by atoms with Crippen molar-refractivity contribution < 1.29 is 14.8 Å². The van der Waals surface area contributed by atoms with E-state index in [0.29, 0.717) is 17.1 Å². The molecule has 0 aliphatic rings. The summed E-state index contributed by atoms with van der Waals surface area (Å²) in [5, 5.41) is 21.0. The number of rotatable bonds is 2. The summed E-state index contributed by atoms with van der Waals surface area (Å²) < 4.78 is 0. The second-order valence-electron chi connectivity index (χ2n) is 3.25. The lowest BCUT2D eigenvalue weighted by molar-refractivity contribution is -0.383. The van der Waals surface area contributed by atoms with E-state index in [1.54, 1.807) is 24.3 Å². The molecule has 0 aliphatic heterocycles. The average molecular weight is 217 g/mol. The van der Waals surface area contributed by atoms with Crippen molar-refractivity contribution >= 4 is 22.7 Å². The summed E-state index contributed by atoms with van der Waals surface area (Å²) in [5.74, 6) is -0.375. The van der Waals surface area contributed by atoms with Crippen LogP contribution in [0, 0.1) is 10.1 Å². The molecule has 80 valence electrons. The van der Waals surface area contributed by atoms with E-state index in [-0.39, 0.29) is 17.0 Å². The van der Waals surface area contributed by atoms with Crippen molar-refractivity contribution in [3.05, 3.63) is 46.0 Å². The Hall–Kier alpha value is -2.43. The molecule has 1 N–H and O–H groups in total. The third-order valence-electron chi connectivity index (χ3n) is 2.36. The van der Waals surface area contributed by atoms with Crippen molar-refractivity contribution in [3.63, 3.8) is 0 Å². The molecule has 0 radical (unpaired) electrons. The minimum atomic E-state index is -0.587. The molecular weight excluding hydrogens is 210 g/mol. The number of phenols is 1. The number of fused-ring (bicyclic) bond motifs is 1. The van der Waals surface area contributed by atoms with Crippen molar-refractivity contribution in [2.75, 3.05) is 0 Å². The molecule has 0 spiro atoms. The van der Waals surface area contributed by atoms with Gasteiger partial charge in [0.2, 0.25) is 0 Å². The van der Waals surface area contributed by atoms with Crippen LogP contribution in [0.4, 0.5) is 5.69 Å². The van der Waals surface area contributed by atoms with Crippen LogP contribution in [-0.2, 0) is 0 Å². The standard InChI is InChI=1S/C11H7NO4/c13-6-9-7-3-1-2-4-8(7)10(12(15)16)5-11(9)14/h1-6,14H. The molecule has 2 aromatic rings. The minimum Gasteiger partial charge on any atom is -0.507 e. The Morgan fingerprint density at radius 1 is 1.25 bits per heavy atom. The summed E-state index contributed by atoms with van der Waals surface area (Å²) in [6.07, 6.45) is 0.487. The van der Waals surface area contributed by atoms with Gasteiger partial charge in [-0.1, -0.05) is 18.2 Å². The normalized spacial score (nSPS) is 10.2. The highest BCUT2D eigenvalue weighted by molar-refractivity contribution is 6.04. The van der Waals surface area contributed by atoms with Crippen LogP contribution in [-0.4, -0.2) is 16.3 Å². The van der Waals surface area contributed by atoms with E-state index in [4.69, 9.17) is 0 Å². The number of benzene rings is 2. The van der Waals surface area contributed by atoms with E-state index < -0.39 is 4.92 Å². The third-order valence-corrected chi connectivity index (χ3v) is 2.36. The molecule has 0 amide bonds. The zero-order valence-electron chi connectivity index (χ0n) is 8.08. The second kappa shape index (κ2) is 3.62. The van der Waals surface area contributed by atoms with Gasteiger partial charge in [0, 0.05) is 5.39 Å². The van der Waals surface area contributed by atoms with Gasteiger partial charge < -0.3 is 5.11 Å². The van der Waals surface area contributed by atoms with Crippen LogP contribution in [0.3, 0.4) is 0 Å². The molecule has 0 atom stereocenters. The van der Waals surface area contributed by atoms with Crippen LogP contribution < -0.4 is 0 Å². The Morgan fingerprint density at radius 2 is 1.88 bits per heavy atom. The Kier molecular flexibility index (Phi) is 2.28. The smallest absolute Gasteiger partial charge is 0.280 e. The molecule has 0 unspecified atom stereocenters. The fourth-order valence-electron chi connectivity index (χ4n) is 1.64. The van der Waals surface area contributed by atoms with Crippen LogP contribution in [0.15, 0.2) is 30.3 Å². The molecular formula is C11H7NO4. The summed E-state index contributed by atoms with van der Waals surface area (Å²) in [7, 11) is 0. The van der Waals surface area contributed by atoms with E-state index in [2.05, 4.69) is 0 Å². The molecule has 2 aromatic carbocycles. The van der Waals surface area contributed by atoms with Gasteiger partial charge in [-0.3, -0.25) is 14.9 Å². The lowest BCUT2D eigenvalue weighted by Gasteiger charge is -2.04. The van der Waals surface area contributed by atoms with Gasteiger partial charge in [-0.25, -0.2) is 0 Å². The minimum absolute atomic E-state index is 0.0706. The predicted molar refractivity (Wildman–Crippen MR) is 57.7 cm³/mol. The molecule has 0 bridgehead atoms. The number of nitro groups is 1. The van der Waals surface area contributed by atoms with Gasteiger partial charge in [-0.15, -0.1) is 0 Å². The highest BCUT2D eigenvalue weighted by Crippen LogP contribution is 2.33. The van der Waals surface area contributed by atoms with Crippen molar-refractivity contribution in [2.45, 2.75) is 0 Å². The Balaban J connectivity index is 2.96. The van der Waals surface area contributed by atoms with Crippen LogP contribution in [0.1, 0.15) is 10.4 Å². The van der Waals surface area contributed by atoms with Crippen LogP contribution in [0.2, 0.25) is 0 Å². The van der Waals surface area contributed by atoms with Crippen LogP contribution >= 0.6 is 0 Å². The summed E-state index contributed by atoms with van der Waals surface area (Å²) in [6, 6.07) is 7.39. The first kappa shape index (κ1) is 10.1. The van der Waals surface area contributed by atoms with Gasteiger partial charge in [0.1, 0.15) is 5.75 Å². The van der Waals surface area contributed by atoms with Gasteiger partial charge in [0.15, 0.2) is 6.29 Å². The maximum Gasteiger partial charge on any atom is 0.280 e. The quantitative estimate of drug-likeness (QED) is 0.475. The van der Waals surface area contributed by atoms with Crippen molar-refractivity contribution in [2.24, 2.45) is 0 Å². The van der Waals surface area contributed by atoms with E-state index >= 15 is 0 Å². The average Bonchev–Trinajstić information content (AvgIpc) is 2.28. The van der Waals surface area contributed by atoms with Gasteiger partial charge >= 0.3 is 0 Å². The maximum absolute atomic E-state index is 10.8. The van der Waals surface area contributed by atoms with Crippen LogP contribution in [0.5, 0.6) is 5.75 Å². The number of non-ortho nitro benzene ring substituents is 1. The molecule has 0 saturated carbocycles. The molecule has 0 aromatic heterocycles. The fourth-order valence-corrected chi connectivity index (χ4v) is 1.64. The Bertz CT molecular complexity index is 592. The van der Waals surface area contributed by atoms with Crippen molar-refractivity contribution in [1.29, 1.82) is 0 Å². The van der Waals surface area contributed by atoms with Crippen molar-refractivity contribution in [3.8, 4) is 5.75 Å². The van der Waals surface area contributed by atoms with Gasteiger partial charge in [0.25, 0.3) is 5.69 Å². The first-order valence-electron chi connectivity index (χ1n) is 4.49. The lowest BCUT2D eigenvalue weighted by atomic mass is 10.0. The zero-order valence-corrected chi connectivity index (χ0v) is 8.08. The van der Waals surface area contributed by atoms with Gasteiger partial charge in [-0.2, -0.15) is 0 Å². The SMILES string of the molecule is O=Cc1c(O)cc([N+](=O)[O-])c2ccccc12. The first-order valence-corrected chi connectivity index (χ1v) is 4.49. The highest BCUT2D eigenvalue weighted by atomic mass is 16.6. The number of aldehydes is 1. The molecule has 2 rings (SSSR count). The maximum atomic E-state index is 10.8. The number of hydrogen-bond acceptors (Lipinski definition) is 4. The number of hydrogen-bond donors (Lipinski definition) is 1. The summed E-state index contributed by atoms with van der Waals surface area (Å²) in [5.41, 5.74) is -0.139. The monoisotopic (exact) mass is 217 g/mol. The number of phenolic OH excluding ortho intramolecular Hbond substituents is 1. The number of carbonyl (C=O) groups is 1. The van der Waals surface area contributed by atoms with Gasteiger partial charge in [0.05, 0.1) is 21.9 Å². The molecule has 16 heavy (non-hydrogen) atoms. The van der Waals surface area contributed by atoms with Crippen molar-refractivity contribution in [1.82, 2.24) is 0 Å². The number of carbonyl (C=O) groups excluding carboxylic acids is 1. The second-order valence-corrected chi connectivity index (χ2v) is 3.25. The van der Waals surface area contributed by atoms with Crippen LogP contribution in [0.25, 0.3) is 10.8 Å². The van der Waals surface area contributed by atoms with Gasteiger partial charge in [-0.05, 0) is 6.07 Å². The van der Waals surface area contributed by atoms with E-state index in [1.807, 2.05) is 0 Å². The number of aromatic hydroxyl groups is 1. The fraction of sp³-hybridized carbons (Fsp3) is 0. The molecule has 0 heterocycles. The molecule has 0 fully saturated rings. The summed E-state index contributed by atoms with van der Waals surface area (Å²) in [4.78, 5) is 21.0. The largest absolute Gasteiger partial charge is 0.507 e. The zero-order chi connectivity index (χ0) is 11.7. The predicted octanol–water partition coefficient (Wildman–Crippen LogP) is 2.27. The number of nitro benzene ring substituents is 1. The topological polar surface area (TPSA) is 80.4 Å². The van der Waals surface area contributed by atoms with E-state index in [1.165, 1.54) is 0 Å². The third kappa shape index (κ3) is 1.38. The highest BCUT2D eigenvalue weighted by Gasteiger charge is 2.17. The number of nitrogens with zero attached hydrogens (tertiary/aromatic N) is 1. The molecule has 0 saturated heterocycles. The molecule has 5 heteroatoms. The van der Waals surface area contributed by atoms with E-state index in [9.17, 15) is 20.0 Å². The Morgan fingerprint density at radius 3 is 2.44 bits per heavy atom.